The zero-order valence-electron chi connectivity index (χ0n) is 14.6. The van der Waals surface area contributed by atoms with Crippen molar-refractivity contribution in [1.82, 2.24) is 10.6 Å². The third-order valence-corrected chi connectivity index (χ3v) is 3.22. The van der Waals surface area contributed by atoms with Crippen LogP contribution in [0, 0.1) is 5.92 Å². The fourth-order valence-corrected chi connectivity index (χ4v) is 2.19. The lowest BCUT2D eigenvalue weighted by Gasteiger charge is -2.21. The van der Waals surface area contributed by atoms with Gasteiger partial charge in [0.25, 0.3) is 5.91 Å². The summed E-state index contributed by atoms with van der Waals surface area (Å²) in [5.74, 6) is 0.611. The van der Waals surface area contributed by atoms with Crippen molar-refractivity contribution in [2.75, 3.05) is 38.1 Å². The highest BCUT2D eigenvalue weighted by atomic mass is 35.5. The molecule has 4 nitrogen and oxygen atoms in total. The van der Waals surface area contributed by atoms with Crippen LogP contribution in [0.2, 0.25) is 0 Å². The predicted molar refractivity (Wildman–Crippen MR) is 105 cm³/mol. The molecule has 1 aromatic carbocycles. The number of halogens is 2. The van der Waals surface area contributed by atoms with E-state index >= 15 is 0 Å². The molecule has 0 bridgehead atoms. The van der Waals surface area contributed by atoms with Gasteiger partial charge < -0.3 is 15.5 Å². The van der Waals surface area contributed by atoms with Crippen LogP contribution in [0.3, 0.4) is 0 Å². The molecule has 0 atom stereocenters. The first kappa shape index (κ1) is 24.3. The van der Waals surface area contributed by atoms with Crippen molar-refractivity contribution in [2.24, 2.45) is 5.92 Å². The number of nitrogens with zero attached hydrogens (tertiary/aromatic N) is 1. The van der Waals surface area contributed by atoms with E-state index in [-0.39, 0.29) is 30.7 Å². The smallest absolute Gasteiger partial charge is 0.251 e. The van der Waals surface area contributed by atoms with E-state index in [1.54, 1.807) is 0 Å². The second kappa shape index (κ2) is 13.5. The Morgan fingerprint density at radius 3 is 2.22 bits per heavy atom. The highest BCUT2D eigenvalue weighted by Gasteiger charge is 2.07. The Hall–Kier alpha value is -0.970. The summed E-state index contributed by atoms with van der Waals surface area (Å²) in [6.07, 6.45) is 1.11. The quantitative estimate of drug-likeness (QED) is 0.661. The van der Waals surface area contributed by atoms with E-state index < -0.39 is 0 Å². The number of amides is 1. The van der Waals surface area contributed by atoms with Crippen molar-refractivity contribution in [3.63, 3.8) is 0 Å². The Kier molecular flexibility index (Phi) is 14.2. The first-order chi connectivity index (χ1) is 10.0. The molecule has 1 amide bonds. The Balaban J connectivity index is 0. The van der Waals surface area contributed by atoms with E-state index in [4.69, 9.17) is 0 Å². The molecule has 0 saturated carbocycles. The Labute approximate surface area is 153 Å². The number of carbonyl (C=O) groups is 1. The van der Waals surface area contributed by atoms with Gasteiger partial charge in [0, 0.05) is 37.9 Å². The van der Waals surface area contributed by atoms with Gasteiger partial charge >= 0.3 is 0 Å². The van der Waals surface area contributed by atoms with Crippen molar-refractivity contribution in [3.05, 3.63) is 29.8 Å². The molecule has 0 unspecified atom stereocenters. The molecule has 0 radical (unpaired) electrons. The van der Waals surface area contributed by atoms with E-state index in [9.17, 15) is 4.79 Å². The largest absolute Gasteiger partial charge is 0.374 e. The number of nitrogens with one attached hydrogen (secondary N) is 2. The minimum absolute atomic E-state index is 0. The summed E-state index contributed by atoms with van der Waals surface area (Å²) in [5.41, 5.74) is 1.86. The van der Waals surface area contributed by atoms with Crippen LogP contribution in [0.1, 0.15) is 37.6 Å². The molecule has 0 fully saturated rings. The van der Waals surface area contributed by atoms with Crippen molar-refractivity contribution < 1.29 is 4.79 Å². The predicted octanol–water partition coefficient (Wildman–Crippen LogP) is 3.35. The molecule has 2 N–H and O–H groups in total. The maximum Gasteiger partial charge on any atom is 0.251 e. The zero-order valence-corrected chi connectivity index (χ0v) is 16.2. The molecule has 0 aliphatic heterocycles. The van der Waals surface area contributed by atoms with Gasteiger partial charge in [-0.1, -0.05) is 20.8 Å². The molecule has 23 heavy (non-hydrogen) atoms. The van der Waals surface area contributed by atoms with Crippen LogP contribution >= 0.6 is 24.8 Å². The minimum atomic E-state index is -0.00800. The van der Waals surface area contributed by atoms with Gasteiger partial charge in [-0.2, -0.15) is 0 Å². The maximum atomic E-state index is 12.0. The van der Waals surface area contributed by atoms with Crippen molar-refractivity contribution in [2.45, 2.75) is 27.2 Å². The van der Waals surface area contributed by atoms with Crippen LogP contribution in [-0.4, -0.2) is 39.1 Å². The third-order valence-electron chi connectivity index (χ3n) is 3.22. The van der Waals surface area contributed by atoms with Gasteiger partial charge in [0.05, 0.1) is 0 Å². The zero-order chi connectivity index (χ0) is 15.7. The lowest BCUT2D eigenvalue weighted by molar-refractivity contribution is 0.0954. The molecule has 1 rings (SSSR count). The van der Waals surface area contributed by atoms with Crippen LogP contribution < -0.4 is 15.5 Å². The number of anilines is 1. The SMILES string of the molecule is CCCNCCNC(=O)c1ccc(N(C)CC(C)C)cc1.Cl.Cl. The van der Waals surface area contributed by atoms with Crippen molar-refractivity contribution in [3.8, 4) is 0 Å². The Morgan fingerprint density at radius 2 is 1.70 bits per heavy atom. The van der Waals surface area contributed by atoms with Gasteiger partial charge in [-0.25, -0.2) is 0 Å². The molecule has 0 spiro atoms. The molecular formula is C17H31Cl2N3O. The summed E-state index contributed by atoms with van der Waals surface area (Å²) >= 11 is 0. The fourth-order valence-electron chi connectivity index (χ4n) is 2.19. The van der Waals surface area contributed by atoms with E-state index in [0.717, 1.165) is 31.7 Å². The lowest BCUT2D eigenvalue weighted by Crippen LogP contribution is -2.32. The highest BCUT2D eigenvalue weighted by Crippen LogP contribution is 2.15. The number of benzene rings is 1. The summed E-state index contributed by atoms with van der Waals surface area (Å²) in [7, 11) is 2.08. The molecule has 0 aliphatic carbocycles. The van der Waals surface area contributed by atoms with Gasteiger partial charge in [0.15, 0.2) is 0 Å². The average molecular weight is 364 g/mol. The molecule has 6 heteroatoms. The second-order valence-electron chi connectivity index (χ2n) is 5.83. The van der Waals surface area contributed by atoms with Gasteiger partial charge in [-0.3, -0.25) is 4.79 Å². The molecule has 0 saturated heterocycles. The van der Waals surface area contributed by atoms with E-state index in [0.29, 0.717) is 18.0 Å². The van der Waals surface area contributed by atoms with Crippen molar-refractivity contribution in [1.29, 1.82) is 0 Å². The second-order valence-corrected chi connectivity index (χ2v) is 5.83. The summed E-state index contributed by atoms with van der Waals surface area (Å²) in [6.45, 7) is 10.0. The number of rotatable bonds is 9. The van der Waals surface area contributed by atoms with Gasteiger partial charge in [-0.15, -0.1) is 24.8 Å². The maximum absolute atomic E-state index is 12.0. The first-order valence-corrected chi connectivity index (χ1v) is 7.84. The summed E-state index contributed by atoms with van der Waals surface area (Å²) < 4.78 is 0. The van der Waals surface area contributed by atoms with Crippen LogP contribution in [0.25, 0.3) is 0 Å². The number of carbonyl (C=O) groups excluding carboxylic acids is 1. The van der Waals surface area contributed by atoms with Crippen LogP contribution in [0.4, 0.5) is 5.69 Å². The van der Waals surface area contributed by atoms with Crippen molar-refractivity contribution >= 4 is 36.4 Å². The average Bonchev–Trinajstić information content (AvgIpc) is 2.46. The van der Waals surface area contributed by atoms with Gasteiger partial charge in [0.1, 0.15) is 0 Å². The van der Waals surface area contributed by atoms with Crippen LogP contribution in [0.5, 0.6) is 0 Å². The highest BCUT2D eigenvalue weighted by molar-refractivity contribution is 5.94. The van der Waals surface area contributed by atoms with Gasteiger partial charge in [0.2, 0.25) is 0 Å². The molecule has 0 heterocycles. The summed E-state index contributed by atoms with van der Waals surface area (Å²) in [6, 6.07) is 7.79. The molecule has 0 aromatic heterocycles. The minimum Gasteiger partial charge on any atom is -0.374 e. The Morgan fingerprint density at radius 1 is 1.09 bits per heavy atom. The topological polar surface area (TPSA) is 44.4 Å². The van der Waals surface area contributed by atoms with E-state index in [1.165, 1.54) is 0 Å². The summed E-state index contributed by atoms with van der Waals surface area (Å²) in [4.78, 5) is 14.2. The summed E-state index contributed by atoms with van der Waals surface area (Å²) in [5, 5.41) is 6.19. The molecule has 1 aromatic rings. The van der Waals surface area contributed by atoms with Crippen LogP contribution in [0.15, 0.2) is 24.3 Å². The van der Waals surface area contributed by atoms with E-state index in [2.05, 4.69) is 43.4 Å². The van der Waals surface area contributed by atoms with Crippen LogP contribution in [-0.2, 0) is 0 Å². The molecule has 134 valence electrons. The van der Waals surface area contributed by atoms with Gasteiger partial charge in [-0.05, 0) is 43.1 Å². The first-order valence-electron chi connectivity index (χ1n) is 7.84. The third kappa shape index (κ3) is 9.69. The lowest BCUT2D eigenvalue weighted by atomic mass is 10.1. The normalized spacial score (nSPS) is 9.78. The molecule has 0 aliphatic rings. The molecular weight excluding hydrogens is 333 g/mol. The standard InChI is InChI=1S/C17H29N3O.2ClH/c1-5-10-18-11-12-19-17(21)15-6-8-16(9-7-15)20(4)13-14(2)3;;/h6-9,14,18H,5,10-13H2,1-4H3,(H,19,21);2*1H. The van der Waals surface area contributed by atoms with E-state index in [1.807, 2.05) is 24.3 Å². The monoisotopic (exact) mass is 363 g/mol. The fraction of sp³-hybridized carbons (Fsp3) is 0.588. The number of hydrogen-bond donors (Lipinski definition) is 2. The number of hydrogen-bond acceptors (Lipinski definition) is 3. The Bertz CT molecular complexity index is 424.